The average Bonchev–Trinajstić information content (AvgIpc) is 3.42. The highest BCUT2D eigenvalue weighted by Gasteiger charge is 2.33. The summed E-state index contributed by atoms with van der Waals surface area (Å²) in [6.45, 7) is 0. The number of nitrogens with one attached hydrogen (secondary N) is 2. The molecule has 9 heteroatoms. The molecule has 1 heterocycles. The van der Waals surface area contributed by atoms with Crippen LogP contribution in [-0.2, 0) is 4.79 Å². The molecular formula is C17H17F2N5O2. The van der Waals surface area contributed by atoms with Crippen LogP contribution in [0.4, 0.5) is 20.3 Å². The van der Waals surface area contributed by atoms with Crippen molar-refractivity contribution in [3.8, 4) is 0 Å². The van der Waals surface area contributed by atoms with Crippen LogP contribution in [0.15, 0.2) is 24.4 Å². The summed E-state index contributed by atoms with van der Waals surface area (Å²) in [6, 6.07) is 3.10. The highest BCUT2D eigenvalue weighted by molar-refractivity contribution is 6.11. The van der Waals surface area contributed by atoms with Gasteiger partial charge < -0.3 is 16.2 Å². The van der Waals surface area contributed by atoms with Gasteiger partial charge in [0.2, 0.25) is 0 Å². The van der Waals surface area contributed by atoms with Crippen LogP contribution in [0, 0.1) is 23.0 Å². The normalized spacial score (nSPS) is 14.7. The second-order valence-corrected chi connectivity index (χ2v) is 6.18. The zero-order valence-corrected chi connectivity index (χ0v) is 13.7. The maximum atomic E-state index is 14.1. The molecule has 1 fully saturated rings. The molecule has 2 aromatic rings. The van der Waals surface area contributed by atoms with Gasteiger partial charge >= 0.3 is 5.97 Å². The molecule has 1 aromatic heterocycles. The standard InChI is InChI=1S/C17H17F2N5O2/c18-9-3-4-12(20)10(5-9)15(21)17-22-7-11(19)16(24-17)23-13(6-14(25)26)8-1-2-8/h3-5,7-8,13,21H,1-2,6,20H2,(H,25,26)(H,22,23,24). The number of hydrogen-bond acceptors (Lipinski definition) is 6. The minimum absolute atomic E-state index is 0.0897. The monoisotopic (exact) mass is 361 g/mol. The number of carboxylic acid groups (broad SMARTS) is 1. The Morgan fingerprint density at radius 2 is 2.15 bits per heavy atom. The topological polar surface area (TPSA) is 125 Å². The van der Waals surface area contributed by atoms with Gasteiger partial charge in [-0.1, -0.05) is 0 Å². The second-order valence-electron chi connectivity index (χ2n) is 6.18. The summed E-state index contributed by atoms with van der Waals surface area (Å²) in [5.41, 5.74) is 5.76. The Bertz CT molecular complexity index is 870. The third kappa shape index (κ3) is 3.93. The number of benzene rings is 1. The van der Waals surface area contributed by atoms with Crippen LogP contribution in [-0.4, -0.2) is 32.8 Å². The molecule has 1 saturated carbocycles. The van der Waals surface area contributed by atoms with Crippen LogP contribution >= 0.6 is 0 Å². The molecule has 0 aliphatic heterocycles. The van der Waals surface area contributed by atoms with E-state index in [0.29, 0.717) is 0 Å². The Morgan fingerprint density at radius 1 is 1.42 bits per heavy atom. The van der Waals surface area contributed by atoms with Crippen molar-refractivity contribution in [2.75, 3.05) is 11.1 Å². The smallest absolute Gasteiger partial charge is 0.305 e. The number of aliphatic carboxylic acids is 1. The lowest BCUT2D eigenvalue weighted by Gasteiger charge is -2.17. The van der Waals surface area contributed by atoms with Gasteiger partial charge in [0.15, 0.2) is 17.5 Å². The number of nitrogen functional groups attached to an aromatic ring is 1. The molecular weight excluding hydrogens is 344 g/mol. The maximum absolute atomic E-state index is 14.1. The lowest BCUT2D eigenvalue weighted by atomic mass is 10.1. The predicted octanol–water partition coefficient (Wildman–Crippen LogP) is 2.42. The zero-order valence-electron chi connectivity index (χ0n) is 13.7. The Morgan fingerprint density at radius 3 is 2.81 bits per heavy atom. The highest BCUT2D eigenvalue weighted by atomic mass is 19.1. The van der Waals surface area contributed by atoms with Crippen molar-refractivity contribution in [3.63, 3.8) is 0 Å². The largest absolute Gasteiger partial charge is 0.481 e. The van der Waals surface area contributed by atoms with Crippen molar-refractivity contribution in [1.29, 1.82) is 5.41 Å². The average molecular weight is 361 g/mol. The number of nitrogens with zero attached hydrogens (tertiary/aromatic N) is 2. The van der Waals surface area contributed by atoms with Crippen molar-refractivity contribution < 1.29 is 18.7 Å². The van der Waals surface area contributed by atoms with Gasteiger partial charge in [0, 0.05) is 17.3 Å². The van der Waals surface area contributed by atoms with Crippen molar-refractivity contribution in [2.24, 2.45) is 5.92 Å². The van der Waals surface area contributed by atoms with Gasteiger partial charge in [-0.2, -0.15) is 0 Å². The SMILES string of the molecule is N=C(c1ncc(F)c(NC(CC(=O)O)C2CC2)n1)c1cc(F)ccc1N. The molecule has 136 valence electrons. The van der Waals surface area contributed by atoms with Gasteiger partial charge in [0.1, 0.15) is 11.5 Å². The zero-order chi connectivity index (χ0) is 18.8. The molecule has 1 atom stereocenters. The Balaban J connectivity index is 1.88. The Labute approximate surface area is 147 Å². The molecule has 0 bridgehead atoms. The van der Waals surface area contributed by atoms with E-state index in [1.165, 1.54) is 6.07 Å². The van der Waals surface area contributed by atoms with E-state index < -0.39 is 23.6 Å². The number of carboxylic acids is 1. The second kappa shape index (κ2) is 7.03. The number of hydrogen-bond donors (Lipinski definition) is 4. The van der Waals surface area contributed by atoms with Crippen molar-refractivity contribution in [3.05, 3.63) is 47.4 Å². The number of anilines is 2. The molecule has 26 heavy (non-hydrogen) atoms. The van der Waals surface area contributed by atoms with Crippen molar-refractivity contribution >= 4 is 23.2 Å². The first-order valence-corrected chi connectivity index (χ1v) is 8.00. The molecule has 3 rings (SSSR count). The van der Waals surface area contributed by atoms with Crippen molar-refractivity contribution in [1.82, 2.24) is 9.97 Å². The van der Waals surface area contributed by atoms with Gasteiger partial charge in [-0.3, -0.25) is 10.2 Å². The fourth-order valence-electron chi connectivity index (χ4n) is 2.65. The summed E-state index contributed by atoms with van der Waals surface area (Å²) in [6.07, 6.45) is 2.44. The number of aromatic nitrogens is 2. The predicted molar refractivity (Wildman–Crippen MR) is 91.1 cm³/mol. The van der Waals surface area contributed by atoms with Crippen LogP contribution in [0.2, 0.25) is 0 Å². The van der Waals surface area contributed by atoms with Crippen LogP contribution in [0.1, 0.15) is 30.7 Å². The van der Waals surface area contributed by atoms with Crippen LogP contribution < -0.4 is 11.1 Å². The Kier molecular flexibility index (Phi) is 4.79. The van der Waals surface area contributed by atoms with Crippen LogP contribution in [0.5, 0.6) is 0 Å². The molecule has 1 aromatic carbocycles. The number of carbonyl (C=O) groups is 1. The fourth-order valence-corrected chi connectivity index (χ4v) is 2.65. The highest BCUT2D eigenvalue weighted by Crippen LogP contribution is 2.35. The molecule has 5 N–H and O–H groups in total. The third-order valence-corrected chi connectivity index (χ3v) is 4.16. The van der Waals surface area contributed by atoms with Gasteiger partial charge in [-0.05, 0) is 37.0 Å². The van der Waals surface area contributed by atoms with Gasteiger partial charge in [0.25, 0.3) is 0 Å². The van der Waals surface area contributed by atoms with E-state index in [0.717, 1.165) is 31.2 Å². The summed E-state index contributed by atoms with van der Waals surface area (Å²) < 4.78 is 27.5. The number of rotatable bonds is 7. The summed E-state index contributed by atoms with van der Waals surface area (Å²) in [7, 11) is 0. The molecule has 1 aliphatic carbocycles. The molecule has 0 amide bonds. The molecule has 0 spiro atoms. The summed E-state index contributed by atoms with van der Waals surface area (Å²) in [5.74, 6) is -2.52. The van der Waals surface area contributed by atoms with E-state index in [9.17, 15) is 13.6 Å². The van der Waals surface area contributed by atoms with Crippen molar-refractivity contribution in [2.45, 2.75) is 25.3 Å². The lowest BCUT2D eigenvalue weighted by molar-refractivity contribution is -0.137. The van der Waals surface area contributed by atoms with E-state index in [-0.39, 0.29) is 40.9 Å². The minimum Gasteiger partial charge on any atom is -0.481 e. The summed E-state index contributed by atoms with van der Waals surface area (Å²) in [5, 5.41) is 20.0. The quantitative estimate of drug-likeness (QED) is 0.443. The first-order valence-electron chi connectivity index (χ1n) is 8.00. The molecule has 0 saturated heterocycles. The first kappa shape index (κ1) is 17.7. The van der Waals surface area contributed by atoms with E-state index in [1.807, 2.05) is 0 Å². The van der Waals surface area contributed by atoms with E-state index >= 15 is 0 Å². The number of halogens is 2. The first-order chi connectivity index (χ1) is 12.3. The Hall–Kier alpha value is -3.10. The minimum atomic E-state index is -0.996. The molecule has 0 radical (unpaired) electrons. The summed E-state index contributed by atoms with van der Waals surface area (Å²) >= 11 is 0. The maximum Gasteiger partial charge on any atom is 0.305 e. The van der Waals surface area contributed by atoms with Crippen LogP contribution in [0.25, 0.3) is 0 Å². The van der Waals surface area contributed by atoms with E-state index in [4.69, 9.17) is 16.2 Å². The molecule has 7 nitrogen and oxygen atoms in total. The number of nitrogens with two attached hydrogens (primary N) is 1. The third-order valence-electron chi connectivity index (χ3n) is 4.16. The van der Waals surface area contributed by atoms with Crippen LogP contribution in [0.3, 0.4) is 0 Å². The fraction of sp³-hybridized carbons (Fsp3) is 0.294. The molecule has 1 unspecified atom stereocenters. The van der Waals surface area contributed by atoms with Gasteiger partial charge in [-0.15, -0.1) is 0 Å². The summed E-state index contributed by atoms with van der Waals surface area (Å²) in [4.78, 5) is 18.8. The van der Waals surface area contributed by atoms with E-state index in [2.05, 4.69) is 15.3 Å². The van der Waals surface area contributed by atoms with E-state index in [1.54, 1.807) is 0 Å². The van der Waals surface area contributed by atoms with Gasteiger partial charge in [-0.25, -0.2) is 18.7 Å². The lowest BCUT2D eigenvalue weighted by Crippen LogP contribution is -2.27. The molecule has 1 aliphatic rings. The van der Waals surface area contributed by atoms with Gasteiger partial charge in [0.05, 0.1) is 12.6 Å².